The molecule has 0 bridgehead atoms. The number of nitrogens with zero attached hydrogens (tertiary/aromatic N) is 3. The van der Waals surface area contributed by atoms with E-state index in [1.807, 2.05) is 0 Å². The quantitative estimate of drug-likeness (QED) is 0.129. The number of carbonyl (C=O) groups is 4. The largest absolute Gasteiger partial charge is 0.491 e. The number of guanidine groups is 1. The predicted octanol–water partition coefficient (Wildman–Crippen LogP) is 0.439. The number of esters is 2. The van der Waals surface area contributed by atoms with Crippen molar-refractivity contribution in [1.82, 2.24) is 4.90 Å². The van der Waals surface area contributed by atoms with E-state index in [4.69, 9.17) is 11.5 Å². The number of fused-ring (bicyclic) bond motifs is 1. The molecule has 0 aliphatic carbocycles. The van der Waals surface area contributed by atoms with Crippen LogP contribution in [0.15, 0.2) is 23.2 Å². The van der Waals surface area contributed by atoms with E-state index in [1.54, 1.807) is 6.07 Å². The summed E-state index contributed by atoms with van der Waals surface area (Å²) in [5.41, 5.74) is 11.3. The number of likely N-dealkylation sites (N-methyl/N-ethyl adjacent to an activating group) is 1. The first kappa shape index (κ1) is 27.5. The Balaban J connectivity index is 2.28. The Kier molecular flexibility index (Phi) is 8.75. The van der Waals surface area contributed by atoms with Gasteiger partial charge in [-0.15, -0.1) is 0 Å². The Bertz CT molecular complexity index is 1120. The van der Waals surface area contributed by atoms with Gasteiger partial charge in [-0.05, 0) is 25.1 Å². The average Bonchev–Trinajstić information content (AvgIpc) is 2.85. The molecule has 2 amide bonds. The second kappa shape index (κ2) is 11.1. The van der Waals surface area contributed by atoms with Crippen molar-refractivity contribution in [2.24, 2.45) is 16.5 Å². The zero-order valence-electron chi connectivity index (χ0n) is 18.6. The van der Waals surface area contributed by atoms with Crippen LogP contribution >= 0.6 is 12.6 Å². The molecule has 188 valence electrons. The summed E-state index contributed by atoms with van der Waals surface area (Å²) in [5.74, 6) is 0.203. The molecule has 14 heteroatoms. The van der Waals surface area contributed by atoms with Crippen LogP contribution in [-0.2, 0) is 19.1 Å². The molecule has 1 aromatic rings. The van der Waals surface area contributed by atoms with Gasteiger partial charge >= 0.3 is 18.1 Å². The Morgan fingerprint density at radius 1 is 1.29 bits per heavy atom. The highest BCUT2D eigenvalue weighted by molar-refractivity contribution is 7.81. The first-order valence-electron chi connectivity index (χ1n) is 9.99. The van der Waals surface area contributed by atoms with E-state index in [2.05, 4.69) is 34.2 Å². The number of alkyl halides is 3. The second-order valence-electron chi connectivity index (χ2n) is 7.48. The minimum atomic E-state index is -5.35. The normalized spacial score (nSPS) is 15.3. The standard InChI is InChI=1S/C21H22F3N5O5S/c1-11(7-17(31)34-19(33)21(22,23)24)29-10-16(30)28(2)15-6-4-12(8-14(15)18(29)32)3-5-13(35)9-27-20(25)26/h4,6,8,11,13,35H,7,9-10H2,1-2H3,(H4,25,26,27). The summed E-state index contributed by atoms with van der Waals surface area (Å²) in [6.07, 6.45) is -6.09. The van der Waals surface area contributed by atoms with Gasteiger partial charge in [-0.3, -0.25) is 19.4 Å². The van der Waals surface area contributed by atoms with Crippen molar-refractivity contribution in [2.45, 2.75) is 30.8 Å². The molecule has 2 unspecified atom stereocenters. The lowest BCUT2D eigenvalue weighted by atomic mass is 10.1. The molecule has 0 fully saturated rings. The third-order valence-corrected chi connectivity index (χ3v) is 5.08. The Hall–Kier alpha value is -3.73. The van der Waals surface area contributed by atoms with Gasteiger partial charge in [0.2, 0.25) is 5.91 Å². The van der Waals surface area contributed by atoms with Crippen LogP contribution in [0.3, 0.4) is 0 Å². The number of ether oxygens (including phenoxy) is 1. The number of anilines is 1. The summed E-state index contributed by atoms with van der Waals surface area (Å²) in [6.45, 7) is 1.02. The predicted molar refractivity (Wildman–Crippen MR) is 122 cm³/mol. The van der Waals surface area contributed by atoms with E-state index >= 15 is 0 Å². The molecule has 2 rings (SSSR count). The Morgan fingerprint density at radius 3 is 2.54 bits per heavy atom. The van der Waals surface area contributed by atoms with E-state index in [1.165, 1.54) is 31.0 Å². The minimum Gasteiger partial charge on any atom is -0.386 e. The lowest BCUT2D eigenvalue weighted by Crippen LogP contribution is -2.44. The number of benzene rings is 1. The topological polar surface area (TPSA) is 148 Å². The number of hydrogen-bond donors (Lipinski definition) is 3. The molecular formula is C21H22F3N5O5S. The molecule has 4 N–H and O–H groups in total. The van der Waals surface area contributed by atoms with Gasteiger partial charge in [0.15, 0.2) is 5.96 Å². The van der Waals surface area contributed by atoms with E-state index in [0.717, 1.165) is 4.90 Å². The number of aliphatic imine (C=N–C) groups is 1. The van der Waals surface area contributed by atoms with Crippen LogP contribution < -0.4 is 16.4 Å². The molecule has 1 aliphatic heterocycles. The number of amides is 2. The van der Waals surface area contributed by atoms with Gasteiger partial charge in [0.05, 0.1) is 29.5 Å². The molecule has 0 spiro atoms. The van der Waals surface area contributed by atoms with Crippen molar-refractivity contribution in [2.75, 3.05) is 25.0 Å². The summed E-state index contributed by atoms with van der Waals surface area (Å²) in [7, 11) is 1.45. The fourth-order valence-electron chi connectivity index (χ4n) is 3.00. The van der Waals surface area contributed by atoms with Gasteiger partial charge in [-0.1, -0.05) is 11.8 Å². The van der Waals surface area contributed by atoms with Crippen LogP contribution in [0.5, 0.6) is 0 Å². The van der Waals surface area contributed by atoms with Crippen LogP contribution in [0.4, 0.5) is 18.9 Å². The molecule has 2 atom stereocenters. The van der Waals surface area contributed by atoms with Crippen molar-refractivity contribution in [3.8, 4) is 11.8 Å². The number of rotatable bonds is 5. The third kappa shape index (κ3) is 7.38. The third-order valence-electron chi connectivity index (χ3n) is 4.79. The molecule has 35 heavy (non-hydrogen) atoms. The maximum atomic E-state index is 13.2. The van der Waals surface area contributed by atoms with Crippen molar-refractivity contribution in [3.63, 3.8) is 0 Å². The summed E-state index contributed by atoms with van der Waals surface area (Å²) in [5, 5.41) is -0.502. The number of halogens is 3. The van der Waals surface area contributed by atoms with Crippen LogP contribution in [-0.4, -0.2) is 72.2 Å². The first-order valence-corrected chi connectivity index (χ1v) is 10.5. The lowest BCUT2D eigenvalue weighted by Gasteiger charge is -2.26. The lowest BCUT2D eigenvalue weighted by molar-refractivity contribution is -0.202. The number of carbonyl (C=O) groups excluding carboxylic acids is 4. The maximum Gasteiger partial charge on any atom is 0.491 e. The van der Waals surface area contributed by atoms with Gasteiger partial charge in [0.25, 0.3) is 5.91 Å². The van der Waals surface area contributed by atoms with E-state index in [9.17, 15) is 32.3 Å². The van der Waals surface area contributed by atoms with Gasteiger partial charge in [0, 0.05) is 18.7 Å². The summed E-state index contributed by atoms with van der Waals surface area (Å²) in [6, 6.07) is 3.48. The zero-order valence-corrected chi connectivity index (χ0v) is 19.5. The monoisotopic (exact) mass is 513 g/mol. The zero-order chi connectivity index (χ0) is 26.5. The van der Waals surface area contributed by atoms with Crippen molar-refractivity contribution >= 4 is 48.0 Å². The fourth-order valence-corrected chi connectivity index (χ4v) is 3.15. The minimum absolute atomic E-state index is 0.0803. The number of hydrogen-bond acceptors (Lipinski definition) is 7. The van der Waals surface area contributed by atoms with Crippen molar-refractivity contribution < 1.29 is 37.1 Å². The highest BCUT2D eigenvalue weighted by Gasteiger charge is 2.43. The van der Waals surface area contributed by atoms with Crippen LogP contribution in [0.25, 0.3) is 0 Å². The number of thiol groups is 1. The molecule has 0 saturated heterocycles. The molecule has 0 radical (unpaired) electrons. The molecule has 1 aliphatic rings. The number of nitrogens with two attached hydrogens (primary N) is 2. The molecule has 10 nitrogen and oxygen atoms in total. The van der Waals surface area contributed by atoms with Crippen molar-refractivity contribution in [3.05, 3.63) is 29.3 Å². The highest BCUT2D eigenvalue weighted by Crippen LogP contribution is 2.27. The second-order valence-corrected chi connectivity index (χ2v) is 8.10. The first-order chi connectivity index (χ1) is 16.2. The maximum absolute atomic E-state index is 13.2. The van der Waals surface area contributed by atoms with Gasteiger partial charge in [-0.25, -0.2) is 4.79 Å². The van der Waals surface area contributed by atoms with E-state index < -0.39 is 54.2 Å². The smallest absolute Gasteiger partial charge is 0.386 e. The molecule has 1 heterocycles. The van der Waals surface area contributed by atoms with Gasteiger partial charge in [-0.2, -0.15) is 25.8 Å². The Labute approximate surface area is 203 Å². The molecule has 0 saturated carbocycles. The van der Waals surface area contributed by atoms with E-state index in [-0.39, 0.29) is 23.8 Å². The molecule has 1 aromatic carbocycles. The van der Waals surface area contributed by atoms with Crippen LogP contribution in [0.1, 0.15) is 29.3 Å². The highest BCUT2D eigenvalue weighted by atomic mass is 32.1. The summed E-state index contributed by atoms with van der Waals surface area (Å²) < 4.78 is 40.8. The van der Waals surface area contributed by atoms with Gasteiger partial charge in [0.1, 0.15) is 6.54 Å². The van der Waals surface area contributed by atoms with Crippen molar-refractivity contribution in [1.29, 1.82) is 0 Å². The SMILES string of the molecule is CC(CC(=O)OC(=O)C(F)(F)F)N1CC(=O)N(C)c2ccc(C#CC(S)CN=C(N)N)cc2C1=O. The van der Waals surface area contributed by atoms with E-state index in [0.29, 0.717) is 5.56 Å². The molecule has 0 aromatic heterocycles. The van der Waals surface area contributed by atoms with Crippen LogP contribution in [0, 0.1) is 11.8 Å². The average molecular weight is 513 g/mol. The van der Waals surface area contributed by atoms with Crippen LogP contribution in [0.2, 0.25) is 0 Å². The fraction of sp³-hybridized carbons (Fsp3) is 0.381. The summed E-state index contributed by atoms with van der Waals surface area (Å²) in [4.78, 5) is 54.6. The molecular weight excluding hydrogens is 491 g/mol. The summed E-state index contributed by atoms with van der Waals surface area (Å²) >= 11 is 4.25. The van der Waals surface area contributed by atoms with Gasteiger partial charge < -0.3 is 26.0 Å². The Morgan fingerprint density at radius 2 is 1.94 bits per heavy atom.